The predicted octanol–water partition coefficient (Wildman–Crippen LogP) is 0.629. The number of rotatable bonds is 6. The molecule has 10 nitrogen and oxygen atoms in total. The van der Waals surface area contributed by atoms with Crippen LogP contribution in [0.4, 0.5) is 0 Å². The Bertz CT molecular complexity index is 917. The van der Waals surface area contributed by atoms with Crippen LogP contribution in [0.15, 0.2) is 6.33 Å². The Hall–Kier alpha value is -3.04. The highest BCUT2D eigenvalue weighted by Crippen LogP contribution is 2.19. The smallest absolute Gasteiger partial charge is 0.310 e. The average Bonchev–Trinajstić information content (AvgIpc) is 3.18. The Balaban J connectivity index is 1.50. The van der Waals surface area contributed by atoms with Crippen LogP contribution in [-0.4, -0.2) is 68.6 Å². The zero-order chi connectivity index (χ0) is 21.0. The molecule has 0 bridgehead atoms. The molecule has 0 radical (unpaired) electrons. The molecule has 0 saturated carbocycles. The zero-order valence-corrected chi connectivity index (χ0v) is 16.9. The molecule has 3 rings (SSSR count). The van der Waals surface area contributed by atoms with E-state index >= 15 is 0 Å². The molecule has 1 amide bonds. The molecule has 3 heterocycles. The third kappa shape index (κ3) is 4.69. The number of ether oxygens (including phenoxy) is 2. The summed E-state index contributed by atoms with van der Waals surface area (Å²) in [6, 6.07) is 0. The zero-order valence-electron chi connectivity index (χ0n) is 16.9. The number of carbonyl (C=O) groups is 3. The van der Waals surface area contributed by atoms with Crippen molar-refractivity contribution in [3.05, 3.63) is 23.3 Å². The van der Waals surface area contributed by atoms with Gasteiger partial charge in [-0.15, -0.1) is 0 Å². The van der Waals surface area contributed by atoms with Crippen LogP contribution in [0.1, 0.15) is 36.7 Å². The summed E-state index contributed by atoms with van der Waals surface area (Å²) in [5, 5.41) is 4.09. The largest absolute Gasteiger partial charge is 0.466 e. The van der Waals surface area contributed by atoms with Crippen LogP contribution in [0.3, 0.4) is 0 Å². The lowest BCUT2D eigenvalue weighted by Crippen LogP contribution is -2.42. The highest BCUT2D eigenvalue weighted by molar-refractivity contribution is 5.82. The van der Waals surface area contributed by atoms with E-state index in [-0.39, 0.29) is 30.8 Å². The van der Waals surface area contributed by atoms with E-state index in [2.05, 4.69) is 15.1 Å². The van der Waals surface area contributed by atoms with E-state index in [1.165, 1.54) is 6.33 Å². The first-order valence-corrected chi connectivity index (χ1v) is 9.66. The Morgan fingerprint density at radius 2 is 1.90 bits per heavy atom. The lowest BCUT2D eigenvalue weighted by Gasteiger charge is -2.30. The molecule has 2 aromatic heterocycles. The first kappa shape index (κ1) is 20.7. The minimum Gasteiger partial charge on any atom is -0.466 e. The van der Waals surface area contributed by atoms with Crippen LogP contribution >= 0.6 is 0 Å². The Morgan fingerprint density at radius 3 is 2.59 bits per heavy atom. The number of piperidine rings is 1. The quantitative estimate of drug-likeness (QED) is 0.645. The standard InChI is InChI=1S/C19H25N5O5/c1-4-28-18(27)14-5-7-23(8-6-14)16(25)10-29-17(26)9-15-12(2)22-19-20-11-21-24(19)13(15)3/h11,14H,4-10H2,1-3H3. The van der Waals surface area contributed by atoms with Gasteiger partial charge in [-0.1, -0.05) is 0 Å². The van der Waals surface area contributed by atoms with Crippen molar-refractivity contribution in [1.82, 2.24) is 24.5 Å². The molecule has 0 unspecified atom stereocenters. The maximum absolute atomic E-state index is 12.3. The SMILES string of the molecule is CCOC(=O)C1CCN(C(=O)COC(=O)Cc2c(C)nc3ncnn3c2C)CC1. The van der Waals surface area contributed by atoms with E-state index in [4.69, 9.17) is 9.47 Å². The fraction of sp³-hybridized carbons (Fsp3) is 0.579. The molecule has 156 valence electrons. The second-order valence-electron chi connectivity index (χ2n) is 6.98. The summed E-state index contributed by atoms with van der Waals surface area (Å²) in [5.74, 6) is -0.689. The van der Waals surface area contributed by atoms with Gasteiger partial charge in [0.05, 0.1) is 18.9 Å². The third-order valence-corrected chi connectivity index (χ3v) is 5.13. The fourth-order valence-electron chi connectivity index (χ4n) is 3.46. The van der Waals surface area contributed by atoms with Crippen molar-refractivity contribution in [3.63, 3.8) is 0 Å². The summed E-state index contributed by atoms with van der Waals surface area (Å²) in [5.41, 5.74) is 2.14. The van der Waals surface area contributed by atoms with Gasteiger partial charge in [0.2, 0.25) is 0 Å². The molecule has 0 aliphatic carbocycles. The maximum Gasteiger partial charge on any atom is 0.310 e. The number of hydrogen-bond acceptors (Lipinski definition) is 8. The van der Waals surface area contributed by atoms with Crippen molar-refractivity contribution in [2.24, 2.45) is 5.92 Å². The van der Waals surface area contributed by atoms with Crippen molar-refractivity contribution >= 4 is 23.6 Å². The van der Waals surface area contributed by atoms with Crippen molar-refractivity contribution in [1.29, 1.82) is 0 Å². The highest BCUT2D eigenvalue weighted by Gasteiger charge is 2.28. The second-order valence-corrected chi connectivity index (χ2v) is 6.98. The average molecular weight is 403 g/mol. The van der Waals surface area contributed by atoms with Gasteiger partial charge in [0.15, 0.2) is 6.61 Å². The number of aryl methyl sites for hydroxylation is 2. The monoisotopic (exact) mass is 403 g/mol. The molecule has 1 saturated heterocycles. The van der Waals surface area contributed by atoms with Crippen LogP contribution in [-0.2, 0) is 30.3 Å². The van der Waals surface area contributed by atoms with Gasteiger partial charge in [0, 0.05) is 30.0 Å². The minimum absolute atomic E-state index is 0.00131. The number of fused-ring (bicyclic) bond motifs is 1. The number of esters is 2. The number of nitrogens with zero attached hydrogens (tertiary/aromatic N) is 5. The lowest BCUT2D eigenvalue weighted by molar-refractivity contribution is -0.154. The lowest BCUT2D eigenvalue weighted by atomic mass is 9.97. The Kier molecular flexibility index (Phi) is 6.40. The van der Waals surface area contributed by atoms with Crippen LogP contribution in [0.5, 0.6) is 0 Å². The summed E-state index contributed by atoms with van der Waals surface area (Å²) in [6.45, 7) is 6.33. The molecular formula is C19H25N5O5. The van der Waals surface area contributed by atoms with Gasteiger partial charge in [0.25, 0.3) is 11.7 Å². The normalized spacial score (nSPS) is 14.8. The molecule has 1 fully saturated rings. The van der Waals surface area contributed by atoms with Gasteiger partial charge in [-0.2, -0.15) is 10.1 Å². The van der Waals surface area contributed by atoms with Gasteiger partial charge in [-0.05, 0) is 33.6 Å². The fourth-order valence-corrected chi connectivity index (χ4v) is 3.46. The van der Waals surface area contributed by atoms with E-state index in [0.717, 1.165) is 5.69 Å². The number of hydrogen-bond donors (Lipinski definition) is 0. The predicted molar refractivity (Wildman–Crippen MR) is 101 cm³/mol. The number of carbonyl (C=O) groups excluding carboxylic acids is 3. The molecule has 2 aromatic rings. The van der Waals surface area contributed by atoms with Crippen LogP contribution in [0.25, 0.3) is 5.78 Å². The molecule has 0 aromatic carbocycles. The number of amides is 1. The maximum atomic E-state index is 12.3. The number of aromatic nitrogens is 4. The van der Waals surface area contributed by atoms with Crippen molar-refractivity contribution < 1.29 is 23.9 Å². The first-order chi connectivity index (χ1) is 13.9. The van der Waals surface area contributed by atoms with E-state index < -0.39 is 5.97 Å². The van der Waals surface area contributed by atoms with Gasteiger partial charge in [-0.25, -0.2) is 9.50 Å². The van der Waals surface area contributed by atoms with E-state index in [9.17, 15) is 14.4 Å². The molecule has 29 heavy (non-hydrogen) atoms. The van der Waals surface area contributed by atoms with Crippen LogP contribution in [0.2, 0.25) is 0 Å². The van der Waals surface area contributed by atoms with E-state index in [0.29, 0.717) is 49.6 Å². The first-order valence-electron chi connectivity index (χ1n) is 9.66. The molecule has 0 atom stereocenters. The summed E-state index contributed by atoms with van der Waals surface area (Å²) < 4.78 is 11.8. The van der Waals surface area contributed by atoms with Crippen molar-refractivity contribution in [3.8, 4) is 0 Å². The number of likely N-dealkylation sites (tertiary alicyclic amines) is 1. The van der Waals surface area contributed by atoms with E-state index in [1.807, 2.05) is 6.92 Å². The Morgan fingerprint density at radius 1 is 1.17 bits per heavy atom. The van der Waals surface area contributed by atoms with E-state index in [1.54, 1.807) is 23.3 Å². The minimum atomic E-state index is -0.507. The Labute approximate surface area is 168 Å². The third-order valence-electron chi connectivity index (χ3n) is 5.13. The highest BCUT2D eigenvalue weighted by atomic mass is 16.5. The molecule has 1 aliphatic rings. The molecular weight excluding hydrogens is 378 g/mol. The summed E-state index contributed by atoms with van der Waals surface area (Å²) in [6.07, 6.45) is 2.51. The van der Waals surface area contributed by atoms with Gasteiger partial charge in [0.1, 0.15) is 6.33 Å². The topological polar surface area (TPSA) is 116 Å². The van der Waals surface area contributed by atoms with Crippen LogP contribution < -0.4 is 0 Å². The molecule has 10 heteroatoms. The van der Waals surface area contributed by atoms with Gasteiger partial charge < -0.3 is 14.4 Å². The van der Waals surface area contributed by atoms with Crippen LogP contribution in [0, 0.1) is 19.8 Å². The summed E-state index contributed by atoms with van der Waals surface area (Å²) >= 11 is 0. The second kappa shape index (κ2) is 8.97. The molecule has 1 aliphatic heterocycles. The molecule has 0 N–H and O–H groups in total. The van der Waals surface area contributed by atoms with Gasteiger partial charge in [-0.3, -0.25) is 14.4 Å². The summed E-state index contributed by atoms with van der Waals surface area (Å²) in [7, 11) is 0. The van der Waals surface area contributed by atoms with Crippen molar-refractivity contribution in [2.75, 3.05) is 26.3 Å². The molecule has 0 spiro atoms. The van der Waals surface area contributed by atoms with Crippen molar-refractivity contribution in [2.45, 2.75) is 40.0 Å². The van der Waals surface area contributed by atoms with Gasteiger partial charge >= 0.3 is 11.9 Å². The summed E-state index contributed by atoms with van der Waals surface area (Å²) in [4.78, 5) is 46.3.